The standard InChI is InChI=1S/C10H16N4O/c1-7-3-4-12-10(13-7)14-8-5-11-6-9(8)15-2/h3-4,8-9,11H,5-6H2,1-2H3,(H,12,13,14)/t8?,9-/m0/s1. The van der Waals surface area contributed by atoms with Crippen molar-refractivity contribution >= 4 is 5.95 Å². The summed E-state index contributed by atoms with van der Waals surface area (Å²) in [5.41, 5.74) is 0.965. The zero-order chi connectivity index (χ0) is 10.7. The first-order chi connectivity index (χ1) is 7.29. The predicted molar refractivity (Wildman–Crippen MR) is 57.8 cm³/mol. The van der Waals surface area contributed by atoms with Gasteiger partial charge >= 0.3 is 0 Å². The van der Waals surface area contributed by atoms with Gasteiger partial charge in [-0.1, -0.05) is 0 Å². The van der Waals surface area contributed by atoms with Gasteiger partial charge in [-0.25, -0.2) is 9.97 Å². The molecule has 0 aromatic carbocycles. The number of nitrogens with zero attached hydrogens (tertiary/aromatic N) is 2. The monoisotopic (exact) mass is 208 g/mol. The quantitative estimate of drug-likeness (QED) is 0.742. The van der Waals surface area contributed by atoms with Crippen LogP contribution in [-0.4, -0.2) is 42.3 Å². The minimum Gasteiger partial charge on any atom is -0.378 e. The molecule has 2 heterocycles. The van der Waals surface area contributed by atoms with E-state index >= 15 is 0 Å². The summed E-state index contributed by atoms with van der Waals surface area (Å²) in [6, 6.07) is 2.13. The summed E-state index contributed by atoms with van der Waals surface area (Å²) in [6.07, 6.45) is 1.95. The molecule has 15 heavy (non-hydrogen) atoms. The van der Waals surface area contributed by atoms with Crippen LogP contribution >= 0.6 is 0 Å². The van der Waals surface area contributed by atoms with Gasteiger partial charge in [0.25, 0.3) is 0 Å². The molecule has 2 atom stereocenters. The molecule has 1 aliphatic rings. The first-order valence-electron chi connectivity index (χ1n) is 5.09. The van der Waals surface area contributed by atoms with Crippen molar-refractivity contribution in [2.24, 2.45) is 0 Å². The van der Waals surface area contributed by atoms with Crippen LogP contribution < -0.4 is 10.6 Å². The van der Waals surface area contributed by atoms with Crippen LogP contribution in [0.25, 0.3) is 0 Å². The van der Waals surface area contributed by atoms with Crippen molar-refractivity contribution in [3.8, 4) is 0 Å². The molecule has 5 nitrogen and oxygen atoms in total. The van der Waals surface area contributed by atoms with Gasteiger partial charge in [-0.3, -0.25) is 0 Å². The summed E-state index contributed by atoms with van der Waals surface area (Å²) in [4.78, 5) is 8.47. The average molecular weight is 208 g/mol. The first kappa shape index (κ1) is 10.3. The van der Waals surface area contributed by atoms with Crippen molar-refractivity contribution < 1.29 is 4.74 Å². The summed E-state index contributed by atoms with van der Waals surface area (Å²) in [6.45, 7) is 3.71. The van der Waals surface area contributed by atoms with Crippen LogP contribution in [0.1, 0.15) is 5.69 Å². The summed E-state index contributed by atoms with van der Waals surface area (Å²) in [5, 5.41) is 6.54. The summed E-state index contributed by atoms with van der Waals surface area (Å²) < 4.78 is 5.35. The third-order valence-electron chi connectivity index (χ3n) is 2.57. The highest BCUT2D eigenvalue weighted by Crippen LogP contribution is 2.09. The highest BCUT2D eigenvalue weighted by atomic mass is 16.5. The molecule has 1 aromatic heterocycles. The van der Waals surface area contributed by atoms with E-state index < -0.39 is 0 Å². The zero-order valence-corrected chi connectivity index (χ0v) is 9.03. The van der Waals surface area contributed by atoms with Gasteiger partial charge in [0.15, 0.2) is 0 Å². The number of nitrogens with one attached hydrogen (secondary N) is 2. The lowest BCUT2D eigenvalue weighted by Crippen LogP contribution is -2.34. The Morgan fingerprint density at radius 3 is 3.13 bits per heavy atom. The summed E-state index contributed by atoms with van der Waals surface area (Å²) in [5.74, 6) is 0.672. The van der Waals surface area contributed by atoms with Gasteiger partial charge in [-0.2, -0.15) is 0 Å². The van der Waals surface area contributed by atoms with E-state index in [1.165, 1.54) is 0 Å². The molecule has 0 spiro atoms. The van der Waals surface area contributed by atoms with E-state index in [2.05, 4.69) is 20.6 Å². The molecule has 1 fully saturated rings. The maximum absolute atomic E-state index is 5.35. The minimum atomic E-state index is 0.189. The van der Waals surface area contributed by atoms with E-state index in [0.29, 0.717) is 5.95 Å². The Bertz CT molecular complexity index is 331. The molecule has 0 radical (unpaired) electrons. The maximum atomic E-state index is 5.35. The molecule has 2 N–H and O–H groups in total. The second-order valence-corrected chi connectivity index (χ2v) is 3.70. The third kappa shape index (κ3) is 2.43. The van der Waals surface area contributed by atoms with Crippen LogP contribution in [0.4, 0.5) is 5.95 Å². The number of ether oxygens (including phenoxy) is 1. The lowest BCUT2D eigenvalue weighted by atomic mass is 10.2. The molecule has 2 rings (SSSR count). The van der Waals surface area contributed by atoms with E-state index in [1.807, 2.05) is 13.0 Å². The number of methoxy groups -OCH3 is 1. The lowest BCUT2D eigenvalue weighted by molar-refractivity contribution is 0.111. The highest BCUT2D eigenvalue weighted by Gasteiger charge is 2.27. The fourth-order valence-electron chi connectivity index (χ4n) is 1.73. The Kier molecular flexibility index (Phi) is 3.13. The van der Waals surface area contributed by atoms with Crippen LogP contribution in [-0.2, 0) is 4.74 Å². The lowest BCUT2D eigenvalue weighted by Gasteiger charge is -2.18. The van der Waals surface area contributed by atoms with E-state index in [9.17, 15) is 0 Å². The van der Waals surface area contributed by atoms with Crippen molar-refractivity contribution in [2.45, 2.75) is 19.1 Å². The molecule has 5 heteroatoms. The van der Waals surface area contributed by atoms with Gasteiger partial charge in [-0.15, -0.1) is 0 Å². The molecule has 1 aromatic rings. The molecule has 1 saturated heterocycles. The van der Waals surface area contributed by atoms with E-state index in [-0.39, 0.29) is 12.1 Å². The van der Waals surface area contributed by atoms with Gasteiger partial charge < -0.3 is 15.4 Å². The Morgan fingerprint density at radius 2 is 2.40 bits per heavy atom. The number of aryl methyl sites for hydroxylation is 1. The molecule has 1 unspecified atom stereocenters. The molecule has 82 valence electrons. The SMILES string of the molecule is CO[C@H]1CNCC1Nc1nccc(C)n1. The topological polar surface area (TPSA) is 59.1 Å². The number of hydrogen-bond donors (Lipinski definition) is 2. The van der Waals surface area contributed by atoms with Gasteiger partial charge in [0.05, 0.1) is 12.1 Å². The smallest absolute Gasteiger partial charge is 0.223 e. The van der Waals surface area contributed by atoms with Crippen molar-refractivity contribution in [2.75, 3.05) is 25.5 Å². The Morgan fingerprint density at radius 1 is 1.53 bits per heavy atom. The summed E-state index contributed by atoms with van der Waals surface area (Å²) >= 11 is 0. The Hall–Kier alpha value is -1.20. The molecule has 0 bridgehead atoms. The van der Waals surface area contributed by atoms with Crippen molar-refractivity contribution in [1.82, 2.24) is 15.3 Å². The van der Waals surface area contributed by atoms with Crippen LogP contribution in [0.15, 0.2) is 12.3 Å². The fraction of sp³-hybridized carbons (Fsp3) is 0.600. The van der Waals surface area contributed by atoms with E-state index in [1.54, 1.807) is 13.3 Å². The van der Waals surface area contributed by atoms with Crippen molar-refractivity contribution in [3.63, 3.8) is 0 Å². The van der Waals surface area contributed by atoms with Crippen LogP contribution in [0, 0.1) is 6.92 Å². The average Bonchev–Trinajstić information content (AvgIpc) is 2.65. The molecule has 1 aliphatic heterocycles. The van der Waals surface area contributed by atoms with E-state index in [4.69, 9.17) is 4.74 Å². The van der Waals surface area contributed by atoms with Crippen LogP contribution in [0.2, 0.25) is 0 Å². The van der Waals surface area contributed by atoms with Crippen molar-refractivity contribution in [1.29, 1.82) is 0 Å². The molecule has 0 amide bonds. The van der Waals surface area contributed by atoms with Gasteiger partial charge in [0, 0.05) is 32.1 Å². The molecule has 0 saturated carbocycles. The van der Waals surface area contributed by atoms with Gasteiger partial charge in [0.2, 0.25) is 5.95 Å². The number of aromatic nitrogens is 2. The van der Waals surface area contributed by atoms with Gasteiger partial charge in [-0.05, 0) is 13.0 Å². The first-order valence-corrected chi connectivity index (χ1v) is 5.09. The van der Waals surface area contributed by atoms with E-state index in [0.717, 1.165) is 18.8 Å². The second-order valence-electron chi connectivity index (χ2n) is 3.70. The maximum Gasteiger partial charge on any atom is 0.223 e. The number of rotatable bonds is 3. The van der Waals surface area contributed by atoms with Gasteiger partial charge in [0.1, 0.15) is 0 Å². The predicted octanol–water partition coefficient (Wildman–Crippen LogP) is 0.184. The zero-order valence-electron chi connectivity index (χ0n) is 9.03. The largest absolute Gasteiger partial charge is 0.378 e. The number of anilines is 1. The van der Waals surface area contributed by atoms with Crippen LogP contribution in [0.3, 0.4) is 0 Å². The number of hydrogen-bond acceptors (Lipinski definition) is 5. The fourth-order valence-corrected chi connectivity index (χ4v) is 1.73. The van der Waals surface area contributed by atoms with Crippen molar-refractivity contribution in [3.05, 3.63) is 18.0 Å². The Balaban J connectivity index is 2.02. The summed E-state index contributed by atoms with van der Waals surface area (Å²) in [7, 11) is 1.73. The second kappa shape index (κ2) is 4.55. The van der Waals surface area contributed by atoms with Crippen LogP contribution in [0.5, 0.6) is 0 Å². The normalized spacial score (nSPS) is 25.5. The molecular weight excluding hydrogens is 192 g/mol. The molecule has 0 aliphatic carbocycles. The molecular formula is C10H16N4O. The third-order valence-corrected chi connectivity index (χ3v) is 2.57. The Labute approximate surface area is 89.3 Å². The highest BCUT2D eigenvalue weighted by molar-refractivity contribution is 5.28. The minimum absolute atomic E-state index is 0.189.